The van der Waals surface area contributed by atoms with Crippen LogP contribution in [-0.2, 0) is 9.53 Å². The SMILES string of the molecule is C[C@H](CO)N1C[C@H](C)[C@@H](CN(C)C(=O)CN2CCOCC2)Oc2ncc(C3=CCCCC3)cc2C1=O. The molecule has 0 spiro atoms. The van der Waals surface area contributed by atoms with Gasteiger partial charge in [0.25, 0.3) is 5.91 Å². The van der Waals surface area contributed by atoms with Crippen LogP contribution in [0.2, 0.25) is 0 Å². The van der Waals surface area contributed by atoms with Crippen molar-refractivity contribution in [3.8, 4) is 5.88 Å². The standard InChI is InChI=1S/C27H40N4O5/c1-19-15-31(20(2)18-32)27(34)23-13-22(21-7-5-4-6-8-21)14-28-26(23)36-24(19)16-29(3)25(33)17-30-9-11-35-12-10-30/h7,13-14,19-20,24,32H,4-6,8-12,15-18H2,1-3H3/t19-,20+,24+/m0/s1. The molecule has 9 nitrogen and oxygen atoms in total. The molecule has 3 heterocycles. The number of aliphatic hydroxyl groups excluding tert-OH is 1. The summed E-state index contributed by atoms with van der Waals surface area (Å²) >= 11 is 0. The Morgan fingerprint density at radius 2 is 2.08 bits per heavy atom. The highest BCUT2D eigenvalue weighted by molar-refractivity contribution is 5.97. The summed E-state index contributed by atoms with van der Waals surface area (Å²) in [7, 11) is 1.80. The van der Waals surface area contributed by atoms with E-state index in [1.54, 1.807) is 23.0 Å². The average Bonchev–Trinajstić information content (AvgIpc) is 2.91. The predicted molar refractivity (Wildman–Crippen MR) is 137 cm³/mol. The summed E-state index contributed by atoms with van der Waals surface area (Å²) in [5, 5.41) is 9.88. The molecule has 36 heavy (non-hydrogen) atoms. The van der Waals surface area contributed by atoms with Crippen LogP contribution in [0.1, 0.15) is 55.5 Å². The van der Waals surface area contributed by atoms with Gasteiger partial charge in [-0.15, -0.1) is 0 Å². The van der Waals surface area contributed by atoms with E-state index in [4.69, 9.17) is 9.47 Å². The third-order valence-corrected chi connectivity index (χ3v) is 7.52. The molecule has 3 atom stereocenters. The van der Waals surface area contributed by atoms with Crippen molar-refractivity contribution in [2.75, 3.05) is 59.6 Å². The van der Waals surface area contributed by atoms with Crippen LogP contribution in [0, 0.1) is 5.92 Å². The van der Waals surface area contributed by atoms with Crippen molar-refractivity contribution >= 4 is 17.4 Å². The van der Waals surface area contributed by atoms with E-state index >= 15 is 0 Å². The van der Waals surface area contributed by atoms with Crippen molar-refractivity contribution in [2.45, 2.75) is 51.7 Å². The first-order chi connectivity index (χ1) is 17.4. The predicted octanol–water partition coefficient (Wildman–Crippen LogP) is 2.05. The molecule has 1 aromatic rings. The van der Waals surface area contributed by atoms with Crippen LogP contribution >= 0.6 is 0 Å². The third kappa shape index (κ3) is 6.25. The van der Waals surface area contributed by atoms with Crippen molar-refractivity contribution in [3.63, 3.8) is 0 Å². The molecule has 4 rings (SSSR count). The fraction of sp³-hybridized carbons (Fsp3) is 0.667. The minimum Gasteiger partial charge on any atom is -0.472 e. The molecule has 0 radical (unpaired) electrons. The van der Waals surface area contributed by atoms with Crippen LogP contribution in [0.5, 0.6) is 5.88 Å². The Kier molecular flexibility index (Phi) is 8.98. The minimum absolute atomic E-state index is 0.0270. The molecule has 0 saturated carbocycles. The topological polar surface area (TPSA) is 95.4 Å². The molecule has 1 N–H and O–H groups in total. The van der Waals surface area contributed by atoms with E-state index in [-0.39, 0.29) is 36.5 Å². The molecule has 1 saturated heterocycles. The van der Waals surface area contributed by atoms with Gasteiger partial charge in [0.15, 0.2) is 0 Å². The molecule has 1 aliphatic carbocycles. The number of fused-ring (bicyclic) bond motifs is 1. The lowest BCUT2D eigenvalue weighted by molar-refractivity contribution is -0.133. The third-order valence-electron chi connectivity index (χ3n) is 7.52. The molecule has 1 fully saturated rings. The molecule has 9 heteroatoms. The Labute approximate surface area is 214 Å². The maximum absolute atomic E-state index is 13.6. The smallest absolute Gasteiger partial charge is 0.259 e. The van der Waals surface area contributed by atoms with E-state index in [1.165, 1.54) is 12.0 Å². The van der Waals surface area contributed by atoms with Crippen molar-refractivity contribution in [1.29, 1.82) is 0 Å². The summed E-state index contributed by atoms with van der Waals surface area (Å²) in [6.45, 7) is 7.68. The second-order valence-electron chi connectivity index (χ2n) is 10.3. The average molecular weight is 501 g/mol. The summed E-state index contributed by atoms with van der Waals surface area (Å²) in [6, 6.07) is 1.55. The summed E-state index contributed by atoms with van der Waals surface area (Å²) in [5.74, 6) is 0.0664. The number of amides is 2. The van der Waals surface area contributed by atoms with E-state index < -0.39 is 0 Å². The maximum Gasteiger partial charge on any atom is 0.259 e. The number of aliphatic hydroxyl groups is 1. The van der Waals surface area contributed by atoms with E-state index in [9.17, 15) is 14.7 Å². The van der Waals surface area contributed by atoms with Crippen LogP contribution in [0.15, 0.2) is 18.3 Å². The molecule has 0 bridgehead atoms. The maximum atomic E-state index is 13.6. The number of ether oxygens (including phenoxy) is 2. The molecule has 3 aliphatic rings. The van der Waals surface area contributed by atoms with Crippen LogP contribution in [0.25, 0.3) is 5.57 Å². The van der Waals surface area contributed by atoms with Gasteiger partial charge in [-0.2, -0.15) is 0 Å². The fourth-order valence-corrected chi connectivity index (χ4v) is 5.04. The number of pyridine rings is 1. The number of likely N-dealkylation sites (N-methyl/N-ethyl adjacent to an activating group) is 1. The molecule has 1 aromatic heterocycles. The first kappa shape index (κ1) is 26.6. The Balaban J connectivity index is 1.57. The summed E-state index contributed by atoms with van der Waals surface area (Å²) in [6.07, 6.45) is 8.00. The van der Waals surface area contributed by atoms with Gasteiger partial charge in [-0.05, 0) is 49.8 Å². The van der Waals surface area contributed by atoms with Gasteiger partial charge in [0.2, 0.25) is 11.8 Å². The monoisotopic (exact) mass is 500 g/mol. The highest BCUT2D eigenvalue weighted by atomic mass is 16.5. The molecule has 0 unspecified atom stereocenters. The molecular formula is C27H40N4O5. The number of carbonyl (C=O) groups excluding carboxylic acids is 2. The lowest BCUT2D eigenvalue weighted by Gasteiger charge is -2.38. The summed E-state index contributed by atoms with van der Waals surface area (Å²) < 4.78 is 11.7. The van der Waals surface area contributed by atoms with Crippen LogP contribution < -0.4 is 4.74 Å². The van der Waals surface area contributed by atoms with E-state index in [0.717, 1.165) is 37.9 Å². The normalized spacial score (nSPS) is 24.2. The van der Waals surface area contributed by atoms with Crippen molar-refractivity contribution in [3.05, 3.63) is 29.5 Å². The number of rotatable bonds is 7. The van der Waals surface area contributed by atoms with Crippen molar-refractivity contribution < 1.29 is 24.2 Å². The quantitative estimate of drug-likeness (QED) is 0.612. The van der Waals surface area contributed by atoms with E-state index in [2.05, 4.69) is 16.0 Å². The Hall–Kier alpha value is -2.49. The highest BCUT2D eigenvalue weighted by Crippen LogP contribution is 2.32. The fourth-order valence-electron chi connectivity index (χ4n) is 5.04. The zero-order chi connectivity index (χ0) is 25.7. The van der Waals surface area contributed by atoms with Crippen LogP contribution in [-0.4, -0.2) is 108 Å². The molecule has 2 amide bonds. The number of carbonyl (C=O) groups is 2. The van der Waals surface area contributed by atoms with Crippen LogP contribution in [0.4, 0.5) is 0 Å². The van der Waals surface area contributed by atoms with Gasteiger partial charge < -0.3 is 24.4 Å². The molecular weight excluding hydrogens is 460 g/mol. The van der Waals surface area contributed by atoms with Gasteiger partial charge in [0, 0.05) is 38.8 Å². The lowest BCUT2D eigenvalue weighted by atomic mass is 9.93. The van der Waals surface area contributed by atoms with Gasteiger partial charge in [-0.1, -0.05) is 13.0 Å². The Bertz CT molecular complexity index is 961. The molecule has 2 aliphatic heterocycles. The minimum atomic E-state index is -0.351. The summed E-state index contributed by atoms with van der Waals surface area (Å²) in [4.78, 5) is 36.7. The van der Waals surface area contributed by atoms with Gasteiger partial charge in [0.1, 0.15) is 11.7 Å². The second kappa shape index (κ2) is 12.2. The number of hydrogen-bond donors (Lipinski definition) is 1. The van der Waals surface area contributed by atoms with Gasteiger partial charge in [-0.3, -0.25) is 14.5 Å². The van der Waals surface area contributed by atoms with E-state index in [0.29, 0.717) is 44.3 Å². The van der Waals surface area contributed by atoms with E-state index in [1.807, 2.05) is 19.9 Å². The van der Waals surface area contributed by atoms with Crippen molar-refractivity contribution in [2.24, 2.45) is 5.92 Å². The number of nitrogens with zero attached hydrogens (tertiary/aromatic N) is 4. The Morgan fingerprint density at radius 1 is 1.31 bits per heavy atom. The molecule has 198 valence electrons. The lowest BCUT2D eigenvalue weighted by Crippen LogP contribution is -2.51. The first-order valence-corrected chi connectivity index (χ1v) is 13.2. The summed E-state index contributed by atoms with van der Waals surface area (Å²) in [5.41, 5.74) is 2.58. The van der Waals surface area contributed by atoms with Gasteiger partial charge in [-0.25, -0.2) is 4.98 Å². The molecule has 0 aromatic carbocycles. The number of morpholine rings is 1. The van der Waals surface area contributed by atoms with Gasteiger partial charge in [0.05, 0.1) is 39.0 Å². The number of aromatic nitrogens is 1. The first-order valence-electron chi connectivity index (χ1n) is 13.2. The zero-order valence-electron chi connectivity index (χ0n) is 21.8. The Morgan fingerprint density at radius 3 is 2.78 bits per heavy atom. The zero-order valence-corrected chi connectivity index (χ0v) is 21.8. The van der Waals surface area contributed by atoms with Crippen molar-refractivity contribution in [1.82, 2.24) is 19.7 Å². The second-order valence-corrected chi connectivity index (χ2v) is 10.3. The van der Waals surface area contributed by atoms with Gasteiger partial charge >= 0.3 is 0 Å². The van der Waals surface area contributed by atoms with Crippen LogP contribution in [0.3, 0.4) is 0 Å². The largest absolute Gasteiger partial charge is 0.472 e. The highest BCUT2D eigenvalue weighted by Gasteiger charge is 2.35. The number of hydrogen-bond acceptors (Lipinski definition) is 7. The number of allylic oxidation sites excluding steroid dienone is 2.